The molecule has 1 heterocycles. The molecule has 1 aromatic heterocycles. The molecule has 4 rings (SSSR count). The van der Waals surface area contributed by atoms with E-state index < -0.39 is 45.6 Å². The SMILES string of the molecule is COc1c(F)c(F)c(C(=O)NC(=S)Nc2cccc(-c3nc4cc(Cl)cc(Cl)c4o3)c2)c(F)c1F. The van der Waals surface area contributed by atoms with E-state index in [9.17, 15) is 22.4 Å². The summed E-state index contributed by atoms with van der Waals surface area (Å²) in [4.78, 5) is 16.6. The van der Waals surface area contributed by atoms with E-state index in [4.69, 9.17) is 39.8 Å². The van der Waals surface area contributed by atoms with Gasteiger partial charge in [-0.25, -0.2) is 13.8 Å². The smallest absolute Gasteiger partial charge is 0.263 e. The summed E-state index contributed by atoms with van der Waals surface area (Å²) in [5.41, 5.74) is 0.0775. The molecule has 2 N–H and O–H groups in total. The lowest BCUT2D eigenvalue weighted by atomic mass is 10.1. The second kappa shape index (κ2) is 9.68. The minimum absolute atomic E-state index is 0.205. The molecule has 0 bridgehead atoms. The molecule has 1 amide bonds. The molecular weight excluding hydrogens is 533 g/mol. The number of methoxy groups -OCH3 is 1. The van der Waals surface area contributed by atoms with E-state index in [1.165, 1.54) is 6.07 Å². The molecule has 0 aliphatic rings. The predicted molar refractivity (Wildman–Crippen MR) is 126 cm³/mol. The third kappa shape index (κ3) is 4.75. The first-order chi connectivity index (χ1) is 16.6. The first-order valence-electron chi connectivity index (χ1n) is 9.49. The van der Waals surface area contributed by atoms with Crippen molar-refractivity contribution in [2.45, 2.75) is 0 Å². The van der Waals surface area contributed by atoms with E-state index in [-0.39, 0.29) is 10.9 Å². The van der Waals surface area contributed by atoms with Crippen molar-refractivity contribution in [2.75, 3.05) is 12.4 Å². The van der Waals surface area contributed by atoms with Gasteiger partial charge in [0.15, 0.2) is 28.1 Å². The highest BCUT2D eigenvalue weighted by atomic mass is 35.5. The van der Waals surface area contributed by atoms with Gasteiger partial charge in [-0.2, -0.15) is 8.78 Å². The van der Waals surface area contributed by atoms with Crippen LogP contribution in [0.25, 0.3) is 22.6 Å². The van der Waals surface area contributed by atoms with Crippen LogP contribution in [0, 0.1) is 23.3 Å². The van der Waals surface area contributed by atoms with Gasteiger partial charge in [0.2, 0.25) is 17.5 Å². The summed E-state index contributed by atoms with van der Waals surface area (Å²) >= 11 is 17.1. The maximum Gasteiger partial charge on any atom is 0.263 e. The van der Waals surface area contributed by atoms with Crippen molar-refractivity contribution in [3.05, 3.63) is 75.3 Å². The fourth-order valence-electron chi connectivity index (χ4n) is 3.13. The fourth-order valence-corrected chi connectivity index (χ4v) is 3.86. The Hall–Kier alpha value is -3.41. The number of nitrogens with zero attached hydrogens (tertiary/aromatic N) is 1. The predicted octanol–water partition coefficient (Wildman–Crippen LogP) is 6.49. The summed E-state index contributed by atoms with van der Waals surface area (Å²) in [7, 11) is 0.817. The summed E-state index contributed by atoms with van der Waals surface area (Å²) in [5.74, 6) is -10.2. The minimum Gasteiger partial charge on any atom is -0.491 e. The van der Waals surface area contributed by atoms with Gasteiger partial charge in [-0.05, 0) is 42.5 Å². The van der Waals surface area contributed by atoms with Gasteiger partial charge in [0.25, 0.3) is 5.91 Å². The van der Waals surface area contributed by atoms with Crippen molar-refractivity contribution in [1.82, 2.24) is 10.3 Å². The zero-order chi connectivity index (χ0) is 25.4. The zero-order valence-electron chi connectivity index (χ0n) is 17.3. The number of ether oxygens (including phenoxy) is 1. The van der Waals surface area contributed by atoms with E-state index >= 15 is 0 Å². The Balaban J connectivity index is 1.55. The molecule has 4 aromatic rings. The Morgan fingerprint density at radius 2 is 1.74 bits per heavy atom. The second-order valence-corrected chi connectivity index (χ2v) is 8.16. The largest absolute Gasteiger partial charge is 0.491 e. The molecule has 3 aromatic carbocycles. The highest BCUT2D eigenvalue weighted by Gasteiger charge is 2.30. The van der Waals surface area contributed by atoms with Crippen LogP contribution in [0.2, 0.25) is 10.0 Å². The van der Waals surface area contributed by atoms with Gasteiger partial charge in [-0.3, -0.25) is 10.1 Å². The molecule has 6 nitrogen and oxygen atoms in total. The van der Waals surface area contributed by atoms with E-state index in [1.54, 1.807) is 30.3 Å². The molecule has 0 aliphatic heterocycles. The van der Waals surface area contributed by atoms with Crippen molar-refractivity contribution < 1.29 is 31.5 Å². The van der Waals surface area contributed by atoms with E-state index in [1.807, 2.05) is 5.32 Å². The quantitative estimate of drug-likeness (QED) is 0.174. The number of hydrogen-bond acceptors (Lipinski definition) is 5. The number of nitrogens with one attached hydrogen (secondary N) is 2. The first-order valence-corrected chi connectivity index (χ1v) is 10.7. The number of hydrogen-bond donors (Lipinski definition) is 2. The number of halogens is 6. The number of aromatic nitrogens is 1. The number of rotatable bonds is 4. The number of benzene rings is 3. The third-order valence-corrected chi connectivity index (χ3v) is 5.36. The number of fused-ring (bicyclic) bond motifs is 1. The first kappa shape index (κ1) is 24.7. The van der Waals surface area contributed by atoms with Crippen LogP contribution in [-0.2, 0) is 0 Å². The molecule has 0 saturated heterocycles. The van der Waals surface area contributed by atoms with Crippen molar-refractivity contribution in [3.8, 4) is 17.2 Å². The summed E-state index contributed by atoms with van der Waals surface area (Å²) in [6.07, 6.45) is 0. The normalized spacial score (nSPS) is 10.9. The van der Waals surface area contributed by atoms with Crippen molar-refractivity contribution >= 4 is 63.2 Å². The van der Waals surface area contributed by atoms with Gasteiger partial charge in [0.05, 0.1) is 12.1 Å². The maximum atomic E-state index is 14.2. The van der Waals surface area contributed by atoms with Gasteiger partial charge in [-0.15, -0.1) is 0 Å². The van der Waals surface area contributed by atoms with Crippen LogP contribution in [0.1, 0.15) is 10.4 Å². The summed E-state index contributed by atoms with van der Waals surface area (Å²) in [5, 5.41) is 4.84. The highest BCUT2D eigenvalue weighted by Crippen LogP contribution is 2.33. The minimum atomic E-state index is -1.93. The lowest BCUT2D eigenvalue weighted by molar-refractivity contribution is 0.0966. The lowest BCUT2D eigenvalue weighted by Gasteiger charge is -2.13. The summed E-state index contributed by atoms with van der Waals surface area (Å²) in [6.45, 7) is 0. The van der Waals surface area contributed by atoms with E-state index in [0.29, 0.717) is 27.4 Å². The van der Waals surface area contributed by atoms with E-state index in [2.05, 4.69) is 15.0 Å². The monoisotopic (exact) mass is 543 g/mol. The van der Waals surface area contributed by atoms with Crippen LogP contribution in [0.4, 0.5) is 23.2 Å². The Bertz CT molecular complexity index is 1480. The van der Waals surface area contributed by atoms with Crippen molar-refractivity contribution in [3.63, 3.8) is 0 Å². The van der Waals surface area contributed by atoms with Crippen molar-refractivity contribution in [1.29, 1.82) is 0 Å². The molecule has 0 saturated carbocycles. The van der Waals surface area contributed by atoms with Gasteiger partial charge in [0.1, 0.15) is 11.1 Å². The number of amides is 1. The second-order valence-electron chi connectivity index (χ2n) is 6.91. The highest BCUT2D eigenvalue weighted by molar-refractivity contribution is 7.80. The fraction of sp³-hybridized carbons (Fsp3) is 0.0455. The molecule has 0 fully saturated rings. The summed E-state index contributed by atoms with van der Waals surface area (Å²) in [6, 6.07) is 9.46. The molecular formula is C22H11Cl2F4N3O3S. The topological polar surface area (TPSA) is 76.4 Å². The van der Waals surface area contributed by atoms with Crippen LogP contribution >= 0.6 is 35.4 Å². The Morgan fingerprint density at radius 1 is 1.06 bits per heavy atom. The van der Waals surface area contributed by atoms with Crippen LogP contribution in [0.15, 0.2) is 40.8 Å². The van der Waals surface area contributed by atoms with Crippen molar-refractivity contribution in [2.24, 2.45) is 0 Å². The van der Waals surface area contributed by atoms with Crippen LogP contribution < -0.4 is 15.4 Å². The Labute approximate surface area is 209 Å². The van der Waals surface area contributed by atoms with Gasteiger partial charge in [0, 0.05) is 16.3 Å². The van der Waals surface area contributed by atoms with Crippen LogP contribution in [0.3, 0.4) is 0 Å². The summed E-state index contributed by atoms with van der Waals surface area (Å²) < 4.78 is 66.2. The van der Waals surface area contributed by atoms with Crippen LogP contribution in [-0.4, -0.2) is 23.1 Å². The number of thiocarbonyl (C=S) groups is 1. The number of anilines is 1. The van der Waals surface area contributed by atoms with Gasteiger partial charge >= 0.3 is 0 Å². The molecule has 0 radical (unpaired) electrons. The van der Waals surface area contributed by atoms with Gasteiger partial charge < -0.3 is 14.5 Å². The number of carbonyl (C=O) groups excluding carboxylic acids is 1. The molecule has 0 spiro atoms. The van der Waals surface area contributed by atoms with E-state index in [0.717, 1.165) is 7.11 Å². The van der Waals surface area contributed by atoms with Crippen LogP contribution in [0.5, 0.6) is 5.75 Å². The number of oxazole rings is 1. The van der Waals surface area contributed by atoms with Gasteiger partial charge in [-0.1, -0.05) is 29.3 Å². The molecule has 0 aliphatic carbocycles. The standard InChI is InChI=1S/C22H11Cl2F4N3O3S/c1-33-19-16(27)14(25)13(15(26)17(19)28)20(32)31-22(35)29-10-4-2-3-8(5-10)21-30-12-7-9(23)6-11(24)18(12)34-21/h2-7H,1H3,(H2,29,31,32,35). The molecule has 0 atom stereocenters. The Kier molecular flexibility index (Phi) is 6.84. The zero-order valence-corrected chi connectivity index (χ0v) is 19.6. The number of carbonyl (C=O) groups is 1. The molecule has 180 valence electrons. The Morgan fingerprint density at radius 3 is 2.40 bits per heavy atom. The average Bonchev–Trinajstić information content (AvgIpc) is 3.23. The molecule has 0 unspecified atom stereocenters. The average molecular weight is 544 g/mol. The molecule has 35 heavy (non-hydrogen) atoms. The lowest BCUT2D eigenvalue weighted by Crippen LogP contribution is -2.35. The maximum absolute atomic E-state index is 14.2. The molecule has 13 heteroatoms. The third-order valence-electron chi connectivity index (χ3n) is 4.66.